The quantitative estimate of drug-likeness (QED) is 0.817. The fourth-order valence-corrected chi connectivity index (χ4v) is 2.17. The van der Waals surface area contributed by atoms with Crippen molar-refractivity contribution in [3.8, 4) is 0 Å². The Morgan fingerprint density at radius 3 is 3.11 bits per heavy atom. The molecule has 0 saturated carbocycles. The molecule has 0 aromatic carbocycles. The third-order valence-electron chi connectivity index (χ3n) is 2.21. The van der Waals surface area contributed by atoms with Crippen molar-refractivity contribution in [1.29, 1.82) is 0 Å². The van der Waals surface area contributed by atoms with Gasteiger partial charge in [0.25, 0.3) is 0 Å². The summed E-state index contributed by atoms with van der Waals surface area (Å²) in [5.74, 6) is 0.207. The minimum absolute atomic E-state index is 0.351. The molecule has 7 nitrogen and oxygen atoms in total. The number of anilines is 1. The number of hydrogen-bond acceptors (Lipinski definition) is 8. The number of hydrogen-bond donors (Lipinski definition) is 1. The van der Waals surface area contributed by atoms with E-state index in [1.54, 1.807) is 0 Å². The SMILES string of the molecule is COC(=O)c1nc(NCCc2ncon2)sc1C. The molecule has 0 atom stereocenters. The van der Waals surface area contributed by atoms with Crippen LogP contribution in [0.3, 0.4) is 0 Å². The molecule has 8 heteroatoms. The second-order valence-electron chi connectivity index (χ2n) is 3.44. The number of carbonyl (C=O) groups excluding carboxylic acids is 1. The third-order valence-corrected chi connectivity index (χ3v) is 3.14. The molecule has 0 aliphatic heterocycles. The van der Waals surface area contributed by atoms with E-state index in [9.17, 15) is 4.79 Å². The molecule has 0 bridgehead atoms. The molecular formula is C10H12N4O3S. The molecule has 1 N–H and O–H groups in total. The van der Waals surface area contributed by atoms with E-state index in [1.807, 2.05) is 6.92 Å². The first-order chi connectivity index (χ1) is 8.70. The van der Waals surface area contributed by atoms with Gasteiger partial charge in [-0.1, -0.05) is 5.16 Å². The van der Waals surface area contributed by atoms with Crippen LogP contribution in [-0.2, 0) is 11.2 Å². The van der Waals surface area contributed by atoms with E-state index in [2.05, 4.69) is 29.7 Å². The molecule has 0 unspecified atom stereocenters. The zero-order chi connectivity index (χ0) is 13.0. The van der Waals surface area contributed by atoms with E-state index in [1.165, 1.54) is 24.8 Å². The maximum atomic E-state index is 11.4. The molecule has 2 rings (SSSR count). The zero-order valence-electron chi connectivity index (χ0n) is 9.97. The van der Waals surface area contributed by atoms with Crippen molar-refractivity contribution in [3.63, 3.8) is 0 Å². The highest BCUT2D eigenvalue weighted by atomic mass is 32.1. The van der Waals surface area contributed by atoms with Gasteiger partial charge in [0, 0.05) is 17.8 Å². The van der Waals surface area contributed by atoms with Crippen LogP contribution in [0, 0.1) is 6.92 Å². The Bertz CT molecular complexity index is 523. The van der Waals surface area contributed by atoms with Gasteiger partial charge in [-0.05, 0) is 6.92 Å². The van der Waals surface area contributed by atoms with Crippen LogP contribution >= 0.6 is 11.3 Å². The second-order valence-corrected chi connectivity index (χ2v) is 4.64. The third kappa shape index (κ3) is 2.83. The molecule has 2 aromatic heterocycles. The number of aromatic nitrogens is 3. The summed E-state index contributed by atoms with van der Waals surface area (Å²) in [7, 11) is 1.34. The fraction of sp³-hybridized carbons (Fsp3) is 0.400. The van der Waals surface area contributed by atoms with Crippen molar-refractivity contribution in [2.45, 2.75) is 13.3 Å². The number of rotatable bonds is 5. The number of thiazole rings is 1. The smallest absolute Gasteiger partial charge is 0.357 e. The van der Waals surface area contributed by atoms with Crippen molar-refractivity contribution in [3.05, 3.63) is 22.8 Å². The molecule has 2 heterocycles. The molecule has 0 aliphatic carbocycles. The molecule has 0 fully saturated rings. The van der Waals surface area contributed by atoms with Gasteiger partial charge in [0.1, 0.15) is 0 Å². The van der Waals surface area contributed by atoms with Crippen molar-refractivity contribution >= 4 is 22.4 Å². The molecule has 0 amide bonds. The lowest BCUT2D eigenvalue weighted by Gasteiger charge is -1.98. The Hall–Kier alpha value is -1.96. The topological polar surface area (TPSA) is 90.1 Å². The maximum Gasteiger partial charge on any atom is 0.357 e. The summed E-state index contributed by atoms with van der Waals surface area (Å²) in [6.45, 7) is 2.45. The van der Waals surface area contributed by atoms with Crippen LogP contribution < -0.4 is 5.32 Å². The van der Waals surface area contributed by atoms with Gasteiger partial charge < -0.3 is 14.6 Å². The van der Waals surface area contributed by atoms with Gasteiger partial charge in [-0.25, -0.2) is 9.78 Å². The van der Waals surface area contributed by atoms with E-state index < -0.39 is 5.97 Å². The highest BCUT2D eigenvalue weighted by molar-refractivity contribution is 7.15. The first-order valence-electron chi connectivity index (χ1n) is 5.25. The zero-order valence-corrected chi connectivity index (χ0v) is 10.8. The summed E-state index contributed by atoms with van der Waals surface area (Å²) in [6.07, 6.45) is 1.92. The summed E-state index contributed by atoms with van der Waals surface area (Å²) in [5, 5.41) is 7.47. The number of nitrogens with one attached hydrogen (secondary N) is 1. The maximum absolute atomic E-state index is 11.4. The van der Waals surface area contributed by atoms with E-state index >= 15 is 0 Å². The van der Waals surface area contributed by atoms with Crippen LogP contribution in [0.2, 0.25) is 0 Å². The molecule has 0 spiro atoms. The highest BCUT2D eigenvalue weighted by Crippen LogP contribution is 2.22. The molecular weight excluding hydrogens is 256 g/mol. The summed E-state index contributed by atoms with van der Waals surface area (Å²) in [6, 6.07) is 0. The summed E-state index contributed by atoms with van der Waals surface area (Å²) in [4.78, 5) is 20.3. The Kier molecular flexibility index (Phi) is 3.88. The van der Waals surface area contributed by atoms with Gasteiger partial charge in [0.2, 0.25) is 6.39 Å². The van der Waals surface area contributed by atoms with Crippen LogP contribution in [0.25, 0.3) is 0 Å². The lowest BCUT2D eigenvalue weighted by Crippen LogP contribution is -2.07. The van der Waals surface area contributed by atoms with Crippen LogP contribution in [0.15, 0.2) is 10.9 Å². The number of ether oxygens (including phenoxy) is 1. The first kappa shape index (κ1) is 12.5. The van der Waals surface area contributed by atoms with E-state index in [0.29, 0.717) is 29.6 Å². The predicted molar refractivity (Wildman–Crippen MR) is 64.7 cm³/mol. The van der Waals surface area contributed by atoms with Crippen molar-refractivity contribution < 1.29 is 14.1 Å². The van der Waals surface area contributed by atoms with Gasteiger partial charge in [0.15, 0.2) is 16.6 Å². The Morgan fingerprint density at radius 1 is 1.61 bits per heavy atom. The normalized spacial score (nSPS) is 10.3. The first-order valence-corrected chi connectivity index (χ1v) is 6.07. The fourth-order valence-electron chi connectivity index (χ4n) is 1.34. The largest absolute Gasteiger partial charge is 0.464 e. The number of nitrogens with zero attached hydrogens (tertiary/aromatic N) is 3. The highest BCUT2D eigenvalue weighted by Gasteiger charge is 2.15. The molecule has 0 saturated heterocycles. The number of aryl methyl sites for hydroxylation is 1. The van der Waals surface area contributed by atoms with E-state index in [0.717, 1.165) is 4.88 Å². The number of esters is 1. The van der Waals surface area contributed by atoms with Crippen LogP contribution in [0.1, 0.15) is 21.2 Å². The molecule has 0 radical (unpaired) electrons. The van der Waals surface area contributed by atoms with Gasteiger partial charge in [-0.2, -0.15) is 4.98 Å². The van der Waals surface area contributed by atoms with E-state index in [-0.39, 0.29) is 0 Å². The summed E-state index contributed by atoms with van der Waals surface area (Å²) in [5.41, 5.74) is 0.351. The molecule has 0 aliphatic rings. The monoisotopic (exact) mass is 268 g/mol. The number of carbonyl (C=O) groups is 1. The lowest BCUT2D eigenvalue weighted by molar-refractivity contribution is 0.0594. The van der Waals surface area contributed by atoms with Gasteiger partial charge in [-0.3, -0.25) is 0 Å². The molecule has 2 aromatic rings. The Balaban J connectivity index is 1.92. The second kappa shape index (κ2) is 5.58. The Labute approximate surface area is 107 Å². The average Bonchev–Trinajstić information content (AvgIpc) is 2.98. The van der Waals surface area contributed by atoms with Crippen LogP contribution in [-0.4, -0.2) is 34.7 Å². The molecule has 18 heavy (non-hydrogen) atoms. The minimum atomic E-state index is -0.421. The van der Waals surface area contributed by atoms with E-state index in [4.69, 9.17) is 0 Å². The predicted octanol–water partition coefficient (Wildman–Crippen LogP) is 1.28. The minimum Gasteiger partial charge on any atom is -0.464 e. The lowest BCUT2D eigenvalue weighted by atomic mass is 10.4. The molecule has 96 valence electrons. The van der Waals surface area contributed by atoms with Crippen molar-refractivity contribution in [1.82, 2.24) is 15.1 Å². The van der Waals surface area contributed by atoms with Crippen molar-refractivity contribution in [2.24, 2.45) is 0 Å². The standard InChI is InChI=1S/C10H12N4O3S/c1-6-8(9(15)16-2)13-10(18-6)11-4-3-7-12-5-17-14-7/h5H,3-4H2,1-2H3,(H,11,13). The summed E-state index contributed by atoms with van der Waals surface area (Å²) >= 11 is 1.41. The average molecular weight is 268 g/mol. The Morgan fingerprint density at radius 2 is 2.44 bits per heavy atom. The van der Waals surface area contributed by atoms with Crippen LogP contribution in [0.4, 0.5) is 5.13 Å². The van der Waals surface area contributed by atoms with Crippen LogP contribution in [0.5, 0.6) is 0 Å². The van der Waals surface area contributed by atoms with Crippen molar-refractivity contribution in [2.75, 3.05) is 19.0 Å². The van der Waals surface area contributed by atoms with Gasteiger partial charge >= 0.3 is 5.97 Å². The number of methoxy groups -OCH3 is 1. The van der Waals surface area contributed by atoms with Gasteiger partial charge in [0.05, 0.1) is 7.11 Å². The van der Waals surface area contributed by atoms with Gasteiger partial charge in [-0.15, -0.1) is 11.3 Å². The summed E-state index contributed by atoms with van der Waals surface area (Å²) < 4.78 is 9.26.